The summed E-state index contributed by atoms with van der Waals surface area (Å²) < 4.78 is 21.2. The van der Waals surface area contributed by atoms with Crippen LogP contribution in [0.2, 0.25) is 0 Å². The van der Waals surface area contributed by atoms with E-state index in [1.165, 1.54) is 0 Å². The summed E-state index contributed by atoms with van der Waals surface area (Å²) in [6.07, 6.45) is 5.18. The number of pyridine rings is 2. The molecule has 0 spiro atoms. The van der Waals surface area contributed by atoms with Crippen LogP contribution in [0.5, 0.6) is 0 Å². The highest BCUT2D eigenvalue weighted by atomic mass is 32.2. The van der Waals surface area contributed by atoms with Crippen molar-refractivity contribution < 1.29 is 8.97 Å². The molecule has 0 fully saturated rings. The van der Waals surface area contributed by atoms with Crippen LogP contribution < -0.4 is 4.72 Å². The maximum Gasteiger partial charge on any atom is 0.152 e. The maximum atomic E-state index is 12.6. The number of hydrogen-bond acceptors (Lipinski definition) is 5. The third-order valence-corrected chi connectivity index (χ3v) is 4.95. The molecule has 0 aliphatic rings. The van der Waals surface area contributed by atoms with Crippen LogP contribution >= 0.6 is 0 Å². The third kappa shape index (κ3) is 3.55. The molecule has 0 saturated carbocycles. The number of hydrogen-bond donors (Lipinski definition) is 1. The second kappa shape index (κ2) is 6.31. The van der Waals surface area contributed by atoms with Crippen molar-refractivity contribution in [2.24, 2.45) is 0 Å². The summed E-state index contributed by atoms with van der Waals surface area (Å²) in [5.74, 6) is 0.671. The smallest absolute Gasteiger partial charge is 0.152 e. The minimum Gasteiger partial charge on any atom is -0.598 e. The van der Waals surface area contributed by atoms with Gasteiger partial charge in [0.25, 0.3) is 0 Å². The van der Waals surface area contributed by atoms with E-state index in [1.807, 2.05) is 51.1 Å². The van der Waals surface area contributed by atoms with Gasteiger partial charge in [-0.2, -0.15) is 0 Å². The lowest BCUT2D eigenvalue weighted by Gasteiger charge is -2.27. The molecular formula is C17H19N3O2S. The molecule has 0 aromatic carbocycles. The fraction of sp³-hybridized carbons (Fsp3) is 0.294. The molecule has 6 heteroatoms. The van der Waals surface area contributed by atoms with Crippen LogP contribution in [-0.4, -0.2) is 19.3 Å². The van der Waals surface area contributed by atoms with E-state index in [1.54, 1.807) is 18.6 Å². The van der Waals surface area contributed by atoms with Crippen molar-refractivity contribution in [3.63, 3.8) is 0 Å². The Balaban J connectivity index is 2.01. The number of nitrogens with zero attached hydrogens (tertiary/aromatic N) is 2. The molecule has 5 nitrogen and oxygen atoms in total. The molecule has 1 N–H and O–H groups in total. The van der Waals surface area contributed by atoms with Crippen LogP contribution in [0.1, 0.15) is 38.1 Å². The van der Waals surface area contributed by atoms with Crippen molar-refractivity contribution >= 4 is 22.5 Å². The average Bonchev–Trinajstić information content (AvgIpc) is 2.95. The Hall–Kier alpha value is -1.89. The monoisotopic (exact) mass is 329 g/mol. The molecule has 2 atom stereocenters. The van der Waals surface area contributed by atoms with Crippen molar-refractivity contribution in [2.45, 2.75) is 31.6 Å². The quantitative estimate of drug-likeness (QED) is 0.743. The van der Waals surface area contributed by atoms with Gasteiger partial charge in [0.2, 0.25) is 0 Å². The van der Waals surface area contributed by atoms with Crippen LogP contribution in [0.4, 0.5) is 0 Å². The van der Waals surface area contributed by atoms with Gasteiger partial charge >= 0.3 is 0 Å². The lowest BCUT2D eigenvalue weighted by molar-refractivity contribution is 0.487. The molecule has 0 bridgehead atoms. The number of aromatic nitrogens is 2. The molecule has 23 heavy (non-hydrogen) atoms. The second-order valence-electron chi connectivity index (χ2n) is 6.25. The van der Waals surface area contributed by atoms with Crippen LogP contribution in [0, 0.1) is 0 Å². The molecule has 2 unspecified atom stereocenters. The summed E-state index contributed by atoms with van der Waals surface area (Å²) in [5, 5.41) is 0. The zero-order chi connectivity index (χ0) is 16.4. The van der Waals surface area contributed by atoms with E-state index in [4.69, 9.17) is 4.42 Å². The Kier molecular flexibility index (Phi) is 4.39. The normalized spacial score (nSPS) is 14.8. The van der Waals surface area contributed by atoms with Crippen molar-refractivity contribution in [3.8, 4) is 0 Å². The SMILES string of the molecule is CC(C)(C)[S+]([O-])NC(c1cccnc1)c1cc2ncccc2o1. The standard InChI is InChI=1S/C17H19N3O2S/c1-17(2,3)23(21)20-16(12-6-4-8-18-11-12)15-10-13-14(22-15)7-5-9-19-13/h4-11,16,20H,1-3H3. The third-order valence-electron chi connectivity index (χ3n) is 3.39. The molecule has 0 amide bonds. The van der Waals surface area contributed by atoms with Gasteiger partial charge in [0, 0.05) is 36.0 Å². The fourth-order valence-electron chi connectivity index (χ4n) is 2.15. The molecule has 0 radical (unpaired) electrons. The predicted molar refractivity (Wildman–Crippen MR) is 91.1 cm³/mol. The Labute approximate surface area is 138 Å². The first-order valence-electron chi connectivity index (χ1n) is 7.37. The highest BCUT2D eigenvalue weighted by molar-refractivity contribution is 7.90. The summed E-state index contributed by atoms with van der Waals surface area (Å²) in [6.45, 7) is 5.78. The van der Waals surface area contributed by atoms with E-state index >= 15 is 0 Å². The Morgan fingerprint density at radius 1 is 1.22 bits per heavy atom. The van der Waals surface area contributed by atoms with Gasteiger partial charge in [-0.25, -0.2) is 0 Å². The zero-order valence-electron chi connectivity index (χ0n) is 13.3. The molecule has 3 aromatic heterocycles. The van der Waals surface area contributed by atoms with Crippen LogP contribution in [0.15, 0.2) is 53.3 Å². The van der Waals surface area contributed by atoms with Gasteiger partial charge in [-0.3, -0.25) is 9.97 Å². The van der Waals surface area contributed by atoms with Crippen molar-refractivity contribution in [1.29, 1.82) is 0 Å². The number of fused-ring (bicyclic) bond motifs is 1. The van der Waals surface area contributed by atoms with E-state index in [-0.39, 0.29) is 10.8 Å². The van der Waals surface area contributed by atoms with Crippen molar-refractivity contribution in [2.75, 3.05) is 0 Å². The zero-order valence-corrected chi connectivity index (χ0v) is 14.1. The van der Waals surface area contributed by atoms with Crippen LogP contribution in [0.3, 0.4) is 0 Å². The lowest BCUT2D eigenvalue weighted by atomic mass is 10.1. The van der Waals surface area contributed by atoms with E-state index < -0.39 is 11.4 Å². The highest BCUT2D eigenvalue weighted by Gasteiger charge is 2.32. The number of furan rings is 1. The first kappa shape index (κ1) is 16.0. The van der Waals surface area contributed by atoms with Crippen LogP contribution in [0.25, 0.3) is 11.1 Å². The van der Waals surface area contributed by atoms with Crippen LogP contribution in [-0.2, 0) is 11.4 Å². The second-order valence-corrected chi connectivity index (χ2v) is 8.25. The molecule has 0 saturated heterocycles. The molecule has 3 rings (SSSR count). The summed E-state index contributed by atoms with van der Waals surface area (Å²) >= 11 is -1.25. The number of rotatable bonds is 4. The summed E-state index contributed by atoms with van der Waals surface area (Å²) in [6, 6.07) is 9.01. The van der Waals surface area contributed by atoms with Gasteiger partial charge in [-0.1, -0.05) is 6.07 Å². The molecule has 0 aliphatic heterocycles. The van der Waals surface area contributed by atoms with E-state index in [2.05, 4.69) is 14.7 Å². The Morgan fingerprint density at radius 2 is 2.00 bits per heavy atom. The van der Waals surface area contributed by atoms with Crippen molar-refractivity contribution in [1.82, 2.24) is 14.7 Å². The Morgan fingerprint density at radius 3 is 2.65 bits per heavy atom. The first-order chi connectivity index (χ1) is 10.9. The Bertz CT molecular complexity index is 750. The van der Waals surface area contributed by atoms with Gasteiger partial charge in [-0.05, 0) is 44.5 Å². The fourth-order valence-corrected chi connectivity index (χ4v) is 2.97. The number of nitrogens with one attached hydrogen (secondary N) is 1. The minimum atomic E-state index is -1.25. The van der Waals surface area contributed by atoms with Gasteiger partial charge in [0.15, 0.2) is 5.58 Å². The minimum absolute atomic E-state index is 0.349. The van der Waals surface area contributed by atoms with E-state index in [0.717, 1.165) is 11.1 Å². The van der Waals surface area contributed by atoms with E-state index in [0.29, 0.717) is 11.3 Å². The van der Waals surface area contributed by atoms with Gasteiger partial charge in [0.05, 0.1) is 0 Å². The van der Waals surface area contributed by atoms with Gasteiger partial charge in [0.1, 0.15) is 22.1 Å². The first-order valence-corrected chi connectivity index (χ1v) is 8.52. The topological polar surface area (TPSA) is 74.0 Å². The predicted octanol–water partition coefficient (Wildman–Crippen LogP) is 3.36. The average molecular weight is 329 g/mol. The molecule has 0 aliphatic carbocycles. The molecular weight excluding hydrogens is 310 g/mol. The summed E-state index contributed by atoms with van der Waals surface area (Å²) in [5.41, 5.74) is 2.38. The molecule has 3 aromatic rings. The maximum absolute atomic E-state index is 12.6. The highest BCUT2D eigenvalue weighted by Crippen LogP contribution is 2.29. The summed E-state index contributed by atoms with van der Waals surface area (Å²) in [4.78, 5) is 8.45. The lowest BCUT2D eigenvalue weighted by Crippen LogP contribution is -2.41. The largest absolute Gasteiger partial charge is 0.598 e. The van der Waals surface area contributed by atoms with E-state index in [9.17, 15) is 4.55 Å². The molecule has 120 valence electrons. The summed E-state index contributed by atoms with van der Waals surface area (Å²) in [7, 11) is 0. The van der Waals surface area contributed by atoms with Crippen molar-refractivity contribution in [3.05, 3.63) is 60.2 Å². The van der Waals surface area contributed by atoms with Gasteiger partial charge in [-0.15, -0.1) is 4.72 Å². The van der Waals surface area contributed by atoms with Gasteiger partial charge < -0.3 is 8.97 Å². The molecule has 3 heterocycles.